The largest absolute Gasteiger partial charge is 0.444 e. The molecule has 0 unspecified atom stereocenters. The fourth-order valence-electron chi connectivity index (χ4n) is 2.61. The van der Waals surface area contributed by atoms with Crippen LogP contribution in [0.5, 0.6) is 0 Å². The number of rotatable bonds is 5. The molecule has 0 saturated carbocycles. The molecule has 1 aliphatic heterocycles. The third-order valence-corrected chi connectivity index (χ3v) is 3.81. The number of nitrogens with zero attached hydrogens (tertiary/aromatic N) is 2. The molecule has 0 atom stereocenters. The molecule has 1 fully saturated rings. The van der Waals surface area contributed by atoms with Gasteiger partial charge in [0.05, 0.1) is 6.10 Å². The summed E-state index contributed by atoms with van der Waals surface area (Å²) in [6.07, 6.45) is 7.48. The molecule has 2 heterocycles. The second-order valence-electron chi connectivity index (χ2n) is 7.00. The summed E-state index contributed by atoms with van der Waals surface area (Å²) in [7, 11) is 0. The van der Waals surface area contributed by atoms with Gasteiger partial charge in [0, 0.05) is 32.1 Å². The van der Waals surface area contributed by atoms with E-state index >= 15 is 0 Å². The Kier molecular flexibility index (Phi) is 6.39. The van der Waals surface area contributed by atoms with Gasteiger partial charge in [-0.1, -0.05) is 0 Å². The van der Waals surface area contributed by atoms with Crippen molar-refractivity contribution in [2.45, 2.75) is 58.2 Å². The molecule has 23 heavy (non-hydrogen) atoms. The zero-order valence-corrected chi connectivity index (χ0v) is 14.5. The lowest BCUT2D eigenvalue weighted by atomic mass is 10.1. The van der Waals surface area contributed by atoms with Crippen molar-refractivity contribution in [3.63, 3.8) is 0 Å². The van der Waals surface area contributed by atoms with Gasteiger partial charge in [0.1, 0.15) is 5.60 Å². The highest BCUT2D eigenvalue weighted by Crippen LogP contribution is 2.17. The van der Waals surface area contributed by atoms with Crippen molar-refractivity contribution < 1.29 is 14.3 Å². The van der Waals surface area contributed by atoms with Crippen molar-refractivity contribution in [3.05, 3.63) is 30.1 Å². The number of pyridine rings is 1. The van der Waals surface area contributed by atoms with Crippen molar-refractivity contribution in [1.29, 1.82) is 0 Å². The maximum absolute atomic E-state index is 12.0. The van der Waals surface area contributed by atoms with Crippen molar-refractivity contribution >= 4 is 6.09 Å². The molecule has 1 aliphatic rings. The lowest BCUT2D eigenvalue weighted by Gasteiger charge is -2.33. The van der Waals surface area contributed by atoms with Crippen LogP contribution < -0.4 is 0 Å². The first-order chi connectivity index (χ1) is 10.9. The van der Waals surface area contributed by atoms with Crippen LogP contribution >= 0.6 is 0 Å². The average Bonchev–Trinajstić information content (AvgIpc) is 2.51. The van der Waals surface area contributed by atoms with E-state index in [2.05, 4.69) is 4.98 Å². The van der Waals surface area contributed by atoms with Gasteiger partial charge in [-0.15, -0.1) is 0 Å². The standard InChI is InChI=1S/C18H28N2O3/c1-18(2,3)23-17(21)20-12-8-16(9-13-20)22-14-4-5-15-6-10-19-11-7-15/h6-7,10-11,16H,4-5,8-9,12-14H2,1-3H3. The fraction of sp³-hybridized carbons (Fsp3) is 0.667. The molecule has 0 bridgehead atoms. The Hall–Kier alpha value is -1.62. The third-order valence-electron chi connectivity index (χ3n) is 3.81. The van der Waals surface area contributed by atoms with E-state index in [1.165, 1.54) is 5.56 Å². The Morgan fingerprint density at radius 2 is 1.91 bits per heavy atom. The van der Waals surface area contributed by atoms with Crippen LogP contribution in [0.4, 0.5) is 4.79 Å². The summed E-state index contributed by atoms with van der Waals surface area (Å²) >= 11 is 0. The second-order valence-corrected chi connectivity index (χ2v) is 7.00. The highest BCUT2D eigenvalue weighted by molar-refractivity contribution is 5.68. The molecule has 0 N–H and O–H groups in total. The van der Waals surface area contributed by atoms with E-state index < -0.39 is 5.60 Å². The van der Waals surface area contributed by atoms with Crippen molar-refractivity contribution in [2.75, 3.05) is 19.7 Å². The van der Waals surface area contributed by atoms with Crippen LogP contribution in [-0.2, 0) is 15.9 Å². The van der Waals surface area contributed by atoms with Crippen molar-refractivity contribution in [1.82, 2.24) is 9.88 Å². The van der Waals surface area contributed by atoms with Crippen LogP contribution in [-0.4, -0.2) is 47.4 Å². The van der Waals surface area contributed by atoms with E-state index in [4.69, 9.17) is 9.47 Å². The minimum Gasteiger partial charge on any atom is -0.444 e. The number of piperidine rings is 1. The lowest BCUT2D eigenvalue weighted by molar-refractivity contribution is -0.0117. The van der Waals surface area contributed by atoms with Crippen LogP contribution in [0, 0.1) is 0 Å². The molecule has 5 nitrogen and oxygen atoms in total. The van der Waals surface area contributed by atoms with Crippen LogP contribution in [0.1, 0.15) is 45.6 Å². The molecule has 1 saturated heterocycles. The van der Waals surface area contributed by atoms with E-state index in [-0.39, 0.29) is 12.2 Å². The zero-order valence-electron chi connectivity index (χ0n) is 14.5. The molecule has 5 heteroatoms. The summed E-state index contributed by atoms with van der Waals surface area (Å²) in [5.74, 6) is 0. The lowest BCUT2D eigenvalue weighted by Crippen LogP contribution is -2.43. The second kappa shape index (κ2) is 8.29. The van der Waals surface area contributed by atoms with E-state index in [1.54, 1.807) is 4.90 Å². The van der Waals surface area contributed by atoms with Gasteiger partial charge in [-0.05, 0) is 64.2 Å². The van der Waals surface area contributed by atoms with Gasteiger partial charge in [-0.25, -0.2) is 4.79 Å². The van der Waals surface area contributed by atoms with Crippen molar-refractivity contribution in [3.8, 4) is 0 Å². The van der Waals surface area contributed by atoms with Crippen molar-refractivity contribution in [2.24, 2.45) is 0 Å². The maximum atomic E-state index is 12.0. The van der Waals surface area contributed by atoms with E-state index in [1.807, 2.05) is 45.3 Å². The Morgan fingerprint density at radius 3 is 2.52 bits per heavy atom. The third kappa shape index (κ3) is 6.57. The molecule has 1 aromatic rings. The molecule has 0 aliphatic carbocycles. The Bertz CT molecular complexity index is 477. The monoisotopic (exact) mass is 320 g/mol. The quantitative estimate of drug-likeness (QED) is 0.780. The van der Waals surface area contributed by atoms with Gasteiger partial charge in [0.15, 0.2) is 0 Å². The van der Waals surface area contributed by atoms with Gasteiger partial charge in [-0.3, -0.25) is 4.98 Å². The number of carbonyl (C=O) groups excluding carboxylic acids is 1. The van der Waals surface area contributed by atoms with Gasteiger partial charge in [-0.2, -0.15) is 0 Å². The van der Waals surface area contributed by atoms with Crippen LogP contribution in [0.2, 0.25) is 0 Å². The van der Waals surface area contributed by atoms with E-state index in [0.717, 1.165) is 32.3 Å². The number of aromatic nitrogens is 1. The van der Waals surface area contributed by atoms with Gasteiger partial charge < -0.3 is 14.4 Å². The Labute approximate surface area is 139 Å². The molecular weight excluding hydrogens is 292 g/mol. The number of carbonyl (C=O) groups is 1. The van der Waals surface area contributed by atoms with E-state index in [9.17, 15) is 4.79 Å². The number of hydrogen-bond acceptors (Lipinski definition) is 4. The topological polar surface area (TPSA) is 51.7 Å². The van der Waals surface area contributed by atoms with Gasteiger partial charge >= 0.3 is 6.09 Å². The minimum absolute atomic E-state index is 0.214. The Balaban J connectivity index is 1.60. The summed E-state index contributed by atoms with van der Waals surface area (Å²) in [5.41, 5.74) is 0.862. The first-order valence-electron chi connectivity index (χ1n) is 8.42. The summed E-state index contributed by atoms with van der Waals surface area (Å²) in [6.45, 7) is 7.87. The van der Waals surface area contributed by atoms with Crippen LogP contribution in [0.3, 0.4) is 0 Å². The molecule has 1 aromatic heterocycles. The van der Waals surface area contributed by atoms with Gasteiger partial charge in [0.25, 0.3) is 0 Å². The summed E-state index contributed by atoms with van der Waals surface area (Å²) in [4.78, 5) is 17.8. The zero-order chi connectivity index (χ0) is 16.7. The molecule has 128 valence electrons. The predicted octanol–water partition coefficient (Wildman–Crippen LogP) is 3.43. The molecule has 0 spiro atoms. The van der Waals surface area contributed by atoms with Crippen LogP contribution in [0.25, 0.3) is 0 Å². The molecule has 1 amide bonds. The molecule has 0 aromatic carbocycles. The molecule has 0 radical (unpaired) electrons. The minimum atomic E-state index is -0.433. The summed E-state index contributed by atoms with van der Waals surface area (Å²) < 4.78 is 11.3. The number of amides is 1. The number of hydrogen-bond donors (Lipinski definition) is 0. The first-order valence-corrected chi connectivity index (χ1v) is 8.42. The molecular formula is C18H28N2O3. The smallest absolute Gasteiger partial charge is 0.410 e. The summed E-state index contributed by atoms with van der Waals surface area (Å²) in [6, 6.07) is 4.08. The fourth-order valence-corrected chi connectivity index (χ4v) is 2.61. The average molecular weight is 320 g/mol. The highest BCUT2D eigenvalue weighted by atomic mass is 16.6. The SMILES string of the molecule is CC(C)(C)OC(=O)N1CCC(OCCCc2ccncc2)CC1. The van der Waals surface area contributed by atoms with E-state index in [0.29, 0.717) is 13.1 Å². The Morgan fingerprint density at radius 1 is 1.26 bits per heavy atom. The molecule has 2 rings (SSSR count). The summed E-state index contributed by atoms with van der Waals surface area (Å²) in [5, 5.41) is 0. The number of aryl methyl sites for hydroxylation is 1. The van der Waals surface area contributed by atoms with Gasteiger partial charge in [0.2, 0.25) is 0 Å². The first kappa shape index (κ1) is 17.7. The number of likely N-dealkylation sites (tertiary alicyclic amines) is 1. The normalized spacial score (nSPS) is 16.4. The number of ether oxygens (including phenoxy) is 2. The predicted molar refractivity (Wildman–Crippen MR) is 89.3 cm³/mol. The maximum Gasteiger partial charge on any atom is 0.410 e. The highest BCUT2D eigenvalue weighted by Gasteiger charge is 2.26. The van der Waals surface area contributed by atoms with Crippen LogP contribution in [0.15, 0.2) is 24.5 Å².